The zero-order valence-electron chi connectivity index (χ0n) is 13.2. The van der Waals surface area contributed by atoms with Gasteiger partial charge in [-0.25, -0.2) is 0 Å². The fourth-order valence-corrected chi connectivity index (χ4v) is 3.18. The zero-order valence-corrected chi connectivity index (χ0v) is 13.2. The minimum absolute atomic E-state index is 0.0581. The summed E-state index contributed by atoms with van der Waals surface area (Å²) >= 11 is 0. The maximum absolute atomic E-state index is 9.44. The van der Waals surface area contributed by atoms with E-state index >= 15 is 0 Å². The average Bonchev–Trinajstić information content (AvgIpc) is 2.84. The molecule has 1 aliphatic rings. The van der Waals surface area contributed by atoms with Crippen molar-refractivity contribution < 1.29 is 14.6 Å². The van der Waals surface area contributed by atoms with Crippen LogP contribution < -0.4 is 4.74 Å². The van der Waals surface area contributed by atoms with Crippen LogP contribution in [0.25, 0.3) is 0 Å². The molecule has 0 bridgehead atoms. The molecule has 4 atom stereocenters. The van der Waals surface area contributed by atoms with Crippen molar-refractivity contribution in [2.45, 2.75) is 26.1 Å². The van der Waals surface area contributed by atoms with Gasteiger partial charge in [0.2, 0.25) is 0 Å². The van der Waals surface area contributed by atoms with Crippen molar-refractivity contribution in [1.82, 2.24) is 0 Å². The van der Waals surface area contributed by atoms with Crippen molar-refractivity contribution >= 4 is 0 Å². The molecular weight excluding hydrogens is 276 g/mol. The molecule has 3 rings (SSSR count). The van der Waals surface area contributed by atoms with E-state index in [9.17, 15) is 5.11 Å². The first-order valence-electron chi connectivity index (χ1n) is 7.68. The van der Waals surface area contributed by atoms with Crippen LogP contribution in [0.2, 0.25) is 0 Å². The Hall–Kier alpha value is -2.00. The molecule has 1 aliphatic heterocycles. The first-order chi connectivity index (χ1) is 10.6. The van der Waals surface area contributed by atoms with Crippen LogP contribution in [0.5, 0.6) is 11.5 Å². The van der Waals surface area contributed by atoms with Crippen molar-refractivity contribution in [3.8, 4) is 11.5 Å². The molecule has 1 N–H and O–H groups in total. The first-order valence-corrected chi connectivity index (χ1v) is 7.68. The van der Waals surface area contributed by atoms with E-state index in [1.165, 1.54) is 5.56 Å². The summed E-state index contributed by atoms with van der Waals surface area (Å²) in [4.78, 5) is 0. The largest absolute Gasteiger partial charge is 0.508 e. The van der Waals surface area contributed by atoms with E-state index < -0.39 is 0 Å². The Labute approximate surface area is 131 Å². The summed E-state index contributed by atoms with van der Waals surface area (Å²) in [5, 5.41) is 9.44. The highest BCUT2D eigenvalue weighted by Crippen LogP contribution is 2.49. The van der Waals surface area contributed by atoms with E-state index in [2.05, 4.69) is 26.0 Å². The molecule has 4 unspecified atom stereocenters. The number of benzene rings is 2. The Morgan fingerprint density at radius 3 is 1.73 bits per heavy atom. The van der Waals surface area contributed by atoms with Crippen LogP contribution in [0, 0.1) is 11.8 Å². The highest BCUT2D eigenvalue weighted by atomic mass is 16.5. The molecule has 0 saturated carbocycles. The van der Waals surface area contributed by atoms with Crippen molar-refractivity contribution in [3.05, 3.63) is 59.7 Å². The lowest BCUT2D eigenvalue weighted by Gasteiger charge is -2.16. The number of phenolic OH excluding ortho intramolecular Hbond substituents is 1. The number of aromatic hydroxyl groups is 1. The molecule has 2 aromatic carbocycles. The van der Waals surface area contributed by atoms with Crippen molar-refractivity contribution in [2.24, 2.45) is 11.8 Å². The molecule has 0 aromatic heterocycles. The Morgan fingerprint density at radius 2 is 1.27 bits per heavy atom. The molecule has 0 radical (unpaired) electrons. The summed E-state index contributed by atoms with van der Waals surface area (Å²) in [5.74, 6) is 1.98. The molecule has 3 heteroatoms. The van der Waals surface area contributed by atoms with Gasteiger partial charge in [-0.1, -0.05) is 38.1 Å². The van der Waals surface area contributed by atoms with Crippen molar-refractivity contribution in [2.75, 3.05) is 7.11 Å². The van der Waals surface area contributed by atoms with Gasteiger partial charge < -0.3 is 14.6 Å². The first kappa shape index (κ1) is 14.9. The van der Waals surface area contributed by atoms with Crippen molar-refractivity contribution in [1.29, 1.82) is 0 Å². The van der Waals surface area contributed by atoms with Gasteiger partial charge in [-0.05, 0) is 47.2 Å². The Balaban J connectivity index is 1.83. The summed E-state index contributed by atoms with van der Waals surface area (Å²) in [6.07, 6.45) is 0.141. The fraction of sp³-hybridized carbons (Fsp3) is 0.368. The molecule has 1 fully saturated rings. The summed E-state index contributed by atoms with van der Waals surface area (Å²) in [6, 6.07) is 15.4. The summed E-state index contributed by atoms with van der Waals surface area (Å²) in [7, 11) is 1.67. The van der Waals surface area contributed by atoms with Gasteiger partial charge in [0.05, 0.1) is 19.3 Å². The van der Waals surface area contributed by atoms with Crippen LogP contribution in [0.1, 0.15) is 37.2 Å². The van der Waals surface area contributed by atoms with E-state index in [1.807, 2.05) is 24.3 Å². The van der Waals surface area contributed by atoms with Gasteiger partial charge >= 0.3 is 0 Å². The number of hydrogen-bond donors (Lipinski definition) is 1. The molecule has 0 aliphatic carbocycles. The lowest BCUT2D eigenvalue weighted by atomic mass is 9.85. The normalized spacial score (nSPS) is 27.8. The van der Waals surface area contributed by atoms with E-state index in [4.69, 9.17) is 9.47 Å². The van der Waals surface area contributed by atoms with Crippen LogP contribution in [0.4, 0.5) is 0 Å². The number of phenols is 1. The van der Waals surface area contributed by atoms with Crippen LogP contribution in [0.15, 0.2) is 48.5 Å². The van der Waals surface area contributed by atoms with E-state index in [-0.39, 0.29) is 18.0 Å². The SMILES string of the molecule is COc1ccc(C2OC(c3ccc(O)cc3)C(C)C2C)cc1. The molecule has 0 amide bonds. The minimum Gasteiger partial charge on any atom is -0.508 e. The molecular formula is C19H22O3. The number of methoxy groups -OCH3 is 1. The highest BCUT2D eigenvalue weighted by molar-refractivity contribution is 5.31. The molecule has 116 valence electrons. The van der Waals surface area contributed by atoms with Gasteiger partial charge in [-0.15, -0.1) is 0 Å². The molecule has 1 heterocycles. The maximum Gasteiger partial charge on any atom is 0.118 e. The molecule has 3 nitrogen and oxygen atoms in total. The molecule has 0 spiro atoms. The van der Waals surface area contributed by atoms with Crippen LogP contribution in [0.3, 0.4) is 0 Å². The smallest absolute Gasteiger partial charge is 0.118 e. The topological polar surface area (TPSA) is 38.7 Å². The quantitative estimate of drug-likeness (QED) is 0.907. The standard InChI is InChI=1S/C19H22O3/c1-12-13(2)19(15-6-10-17(21-3)11-7-15)22-18(12)14-4-8-16(20)9-5-14/h4-13,18-20H,1-3H3. The van der Waals surface area contributed by atoms with Gasteiger partial charge in [0.25, 0.3) is 0 Å². The number of ether oxygens (including phenoxy) is 2. The third-order valence-corrected chi connectivity index (χ3v) is 4.74. The lowest BCUT2D eigenvalue weighted by molar-refractivity contribution is 0.0290. The number of hydrogen-bond acceptors (Lipinski definition) is 3. The molecule has 22 heavy (non-hydrogen) atoms. The summed E-state index contributed by atoms with van der Waals surface area (Å²) in [6.45, 7) is 4.46. The Bertz CT molecular complexity index is 618. The van der Waals surface area contributed by atoms with Crippen LogP contribution >= 0.6 is 0 Å². The second kappa shape index (κ2) is 6.01. The van der Waals surface area contributed by atoms with Gasteiger partial charge in [-0.3, -0.25) is 0 Å². The van der Waals surface area contributed by atoms with E-state index in [0.29, 0.717) is 11.8 Å². The summed E-state index contributed by atoms with van der Waals surface area (Å²) < 4.78 is 11.6. The highest BCUT2D eigenvalue weighted by Gasteiger charge is 2.40. The fourth-order valence-electron chi connectivity index (χ4n) is 3.18. The molecule has 2 aromatic rings. The minimum atomic E-state index is 0.0581. The van der Waals surface area contributed by atoms with Gasteiger partial charge in [0.15, 0.2) is 0 Å². The zero-order chi connectivity index (χ0) is 15.7. The van der Waals surface area contributed by atoms with Gasteiger partial charge in [0.1, 0.15) is 11.5 Å². The van der Waals surface area contributed by atoms with Crippen molar-refractivity contribution in [3.63, 3.8) is 0 Å². The monoisotopic (exact) mass is 298 g/mol. The van der Waals surface area contributed by atoms with Crippen LogP contribution in [-0.2, 0) is 4.74 Å². The Morgan fingerprint density at radius 1 is 0.818 bits per heavy atom. The molecule has 1 saturated heterocycles. The van der Waals surface area contributed by atoms with E-state index in [1.54, 1.807) is 19.2 Å². The maximum atomic E-state index is 9.44. The second-order valence-electron chi connectivity index (χ2n) is 6.06. The lowest BCUT2D eigenvalue weighted by Crippen LogP contribution is -2.09. The van der Waals surface area contributed by atoms with Gasteiger partial charge in [0, 0.05) is 0 Å². The third-order valence-electron chi connectivity index (χ3n) is 4.74. The average molecular weight is 298 g/mol. The summed E-state index contributed by atoms with van der Waals surface area (Å²) in [5.41, 5.74) is 2.30. The Kier molecular flexibility index (Phi) is 4.08. The third kappa shape index (κ3) is 2.69. The predicted molar refractivity (Wildman–Crippen MR) is 86.0 cm³/mol. The second-order valence-corrected chi connectivity index (χ2v) is 6.06. The number of rotatable bonds is 3. The van der Waals surface area contributed by atoms with E-state index in [0.717, 1.165) is 11.3 Å². The van der Waals surface area contributed by atoms with Crippen LogP contribution in [-0.4, -0.2) is 12.2 Å². The van der Waals surface area contributed by atoms with Gasteiger partial charge in [-0.2, -0.15) is 0 Å². The predicted octanol–water partition coefficient (Wildman–Crippen LogP) is 4.49.